The van der Waals surface area contributed by atoms with E-state index in [1.807, 2.05) is 44.1 Å². The zero-order valence-electron chi connectivity index (χ0n) is 12.0. The largest absolute Gasteiger partial charge is 0.358 e. The minimum atomic E-state index is -0.0120. The Bertz CT molecular complexity index is 599. The van der Waals surface area contributed by atoms with E-state index in [2.05, 4.69) is 17.2 Å². The summed E-state index contributed by atoms with van der Waals surface area (Å²) in [4.78, 5) is 17.4. The molecule has 1 aromatic heterocycles. The van der Waals surface area contributed by atoms with Crippen LogP contribution in [-0.2, 0) is 0 Å². The molecule has 4 heteroatoms. The molecule has 0 bridgehead atoms. The van der Waals surface area contributed by atoms with Crippen molar-refractivity contribution in [1.82, 2.24) is 15.2 Å². The van der Waals surface area contributed by atoms with Gasteiger partial charge >= 0.3 is 0 Å². The van der Waals surface area contributed by atoms with Crippen LogP contribution in [-0.4, -0.2) is 43.0 Å². The summed E-state index contributed by atoms with van der Waals surface area (Å²) in [7, 11) is 3.98. The smallest absolute Gasteiger partial charge is 0.251 e. The molecular weight excluding hydrogens is 238 g/mol. The summed E-state index contributed by atoms with van der Waals surface area (Å²) < 4.78 is 0. The highest BCUT2D eigenvalue weighted by Crippen LogP contribution is 2.22. The number of fused-ring (bicyclic) bond motifs is 1. The quantitative estimate of drug-likeness (QED) is 0.883. The van der Waals surface area contributed by atoms with Crippen molar-refractivity contribution in [2.24, 2.45) is 0 Å². The fourth-order valence-electron chi connectivity index (χ4n) is 2.10. The van der Waals surface area contributed by atoms with Gasteiger partial charge in [0.25, 0.3) is 5.91 Å². The average molecular weight is 259 g/mol. The molecule has 0 atom stereocenters. The second kappa shape index (κ2) is 5.45. The van der Waals surface area contributed by atoms with E-state index in [1.165, 1.54) is 5.56 Å². The molecule has 1 amide bonds. The Morgan fingerprint density at radius 2 is 2.05 bits per heavy atom. The van der Waals surface area contributed by atoms with Gasteiger partial charge in [0.2, 0.25) is 0 Å². The summed E-state index contributed by atoms with van der Waals surface area (Å²) in [5, 5.41) is 4.05. The van der Waals surface area contributed by atoms with Crippen LogP contribution in [0.5, 0.6) is 0 Å². The Morgan fingerprint density at radius 3 is 2.74 bits per heavy atom. The number of nitrogens with one attached hydrogen (secondary N) is 2. The van der Waals surface area contributed by atoms with E-state index in [4.69, 9.17) is 0 Å². The lowest BCUT2D eigenvalue weighted by molar-refractivity contribution is 0.0951. The van der Waals surface area contributed by atoms with Gasteiger partial charge in [-0.25, -0.2) is 0 Å². The third kappa shape index (κ3) is 2.96. The Labute approximate surface area is 113 Å². The first kappa shape index (κ1) is 13.6. The molecular formula is C15H21N3O. The molecule has 0 unspecified atom stereocenters. The first-order chi connectivity index (χ1) is 8.99. The van der Waals surface area contributed by atoms with Crippen molar-refractivity contribution in [3.8, 4) is 0 Å². The number of aromatic amines is 1. The molecule has 19 heavy (non-hydrogen) atoms. The highest BCUT2D eigenvalue weighted by atomic mass is 16.1. The number of hydrogen-bond donors (Lipinski definition) is 2. The maximum Gasteiger partial charge on any atom is 0.251 e. The van der Waals surface area contributed by atoms with Crippen LogP contribution in [0.3, 0.4) is 0 Å². The van der Waals surface area contributed by atoms with Gasteiger partial charge in [0.05, 0.1) is 0 Å². The molecule has 0 saturated carbocycles. The summed E-state index contributed by atoms with van der Waals surface area (Å²) in [6.45, 7) is 5.62. The fourth-order valence-corrected chi connectivity index (χ4v) is 2.10. The highest BCUT2D eigenvalue weighted by molar-refractivity contribution is 5.99. The predicted molar refractivity (Wildman–Crippen MR) is 78.7 cm³/mol. The molecule has 0 spiro atoms. The molecule has 2 N–H and O–H groups in total. The van der Waals surface area contributed by atoms with Crippen molar-refractivity contribution in [2.45, 2.75) is 13.8 Å². The maximum atomic E-state index is 12.0. The van der Waals surface area contributed by atoms with Crippen LogP contribution in [0.1, 0.15) is 21.6 Å². The van der Waals surface area contributed by atoms with Crippen LogP contribution in [0.15, 0.2) is 18.2 Å². The van der Waals surface area contributed by atoms with Gasteiger partial charge in [-0.15, -0.1) is 0 Å². The van der Waals surface area contributed by atoms with E-state index in [1.54, 1.807) is 0 Å². The highest BCUT2D eigenvalue weighted by Gasteiger charge is 2.09. The van der Waals surface area contributed by atoms with Gasteiger partial charge in [-0.2, -0.15) is 0 Å². The van der Waals surface area contributed by atoms with Crippen LogP contribution in [0.4, 0.5) is 0 Å². The van der Waals surface area contributed by atoms with E-state index in [0.29, 0.717) is 12.1 Å². The SMILES string of the molecule is Cc1[nH]c2ccc(C(=O)NCCN(C)C)cc2c1C. The van der Waals surface area contributed by atoms with Gasteiger partial charge in [0.1, 0.15) is 0 Å². The number of aryl methyl sites for hydroxylation is 2. The van der Waals surface area contributed by atoms with Crippen LogP contribution < -0.4 is 5.32 Å². The molecule has 0 aliphatic carbocycles. The van der Waals surface area contributed by atoms with Gasteiger partial charge in [0.15, 0.2) is 0 Å². The van der Waals surface area contributed by atoms with Crippen molar-refractivity contribution in [3.05, 3.63) is 35.0 Å². The van der Waals surface area contributed by atoms with Crippen molar-refractivity contribution in [2.75, 3.05) is 27.2 Å². The van der Waals surface area contributed by atoms with Gasteiger partial charge in [-0.05, 0) is 51.7 Å². The molecule has 0 aliphatic rings. The van der Waals surface area contributed by atoms with Gasteiger partial charge in [-0.3, -0.25) is 4.79 Å². The van der Waals surface area contributed by atoms with Crippen molar-refractivity contribution >= 4 is 16.8 Å². The number of carbonyl (C=O) groups excluding carboxylic acids is 1. The number of carbonyl (C=O) groups is 1. The molecule has 2 aromatic rings. The van der Waals surface area contributed by atoms with Gasteiger partial charge < -0.3 is 15.2 Å². The Kier molecular flexibility index (Phi) is 3.90. The number of hydrogen-bond acceptors (Lipinski definition) is 2. The monoisotopic (exact) mass is 259 g/mol. The lowest BCUT2D eigenvalue weighted by Gasteiger charge is -2.10. The molecule has 1 heterocycles. The number of amides is 1. The summed E-state index contributed by atoms with van der Waals surface area (Å²) in [5.41, 5.74) is 4.16. The van der Waals surface area contributed by atoms with Crippen LogP contribution in [0.25, 0.3) is 10.9 Å². The molecule has 1 aromatic carbocycles. The summed E-state index contributed by atoms with van der Waals surface area (Å²) >= 11 is 0. The maximum absolute atomic E-state index is 12.0. The standard InChI is InChI=1S/C15H21N3O/c1-10-11(2)17-14-6-5-12(9-13(10)14)15(19)16-7-8-18(3)4/h5-6,9,17H,7-8H2,1-4H3,(H,16,19). The number of aromatic nitrogens is 1. The minimum Gasteiger partial charge on any atom is -0.358 e. The first-order valence-corrected chi connectivity index (χ1v) is 6.51. The van der Waals surface area contributed by atoms with E-state index < -0.39 is 0 Å². The number of rotatable bonds is 4. The predicted octanol–water partition coefficient (Wildman–Crippen LogP) is 2.08. The zero-order chi connectivity index (χ0) is 14.0. The van der Waals surface area contributed by atoms with Crippen molar-refractivity contribution in [1.29, 1.82) is 0 Å². The van der Waals surface area contributed by atoms with E-state index in [9.17, 15) is 4.79 Å². The van der Waals surface area contributed by atoms with Crippen LogP contribution in [0.2, 0.25) is 0 Å². The van der Waals surface area contributed by atoms with Gasteiger partial charge in [0, 0.05) is 35.2 Å². The Morgan fingerprint density at radius 1 is 1.32 bits per heavy atom. The minimum absolute atomic E-state index is 0.0120. The van der Waals surface area contributed by atoms with Crippen LogP contribution >= 0.6 is 0 Å². The van der Waals surface area contributed by atoms with Crippen LogP contribution in [0, 0.1) is 13.8 Å². The third-order valence-electron chi connectivity index (χ3n) is 3.42. The van der Waals surface area contributed by atoms with E-state index >= 15 is 0 Å². The molecule has 0 aliphatic heterocycles. The lowest BCUT2D eigenvalue weighted by atomic mass is 10.1. The second-order valence-corrected chi connectivity index (χ2v) is 5.19. The van der Waals surface area contributed by atoms with E-state index in [-0.39, 0.29) is 5.91 Å². The lowest BCUT2D eigenvalue weighted by Crippen LogP contribution is -2.31. The number of likely N-dealkylation sites (N-methyl/N-ethyl adjacent to an activating group) is 1. The Balaban J connectivity index is 2.16. The average Bonchev–Trinajstić information content (AvgIpc) is 2.64. The van der Waals surface area contributed by atoms with Crippen molar-refractivity contribution < 1.29 is 4.79 Å². The summed E-state index contributed by atoms with van der Waals surface area (Å²) in [6.07, 6.45) is 0. The third-order valence-corrected chi connectivity index (χ3v) is 3.42. The zero-order valence-corrected chi connectivity index (χ0v) is 12.0. The van der Waals surface area contributed by atoms with E-state index in [0.717, 1.165) is 23.1 Å². The Hall–Kier alpha value is -1.81. The molecule has 102 valence electrons. The summed E-state index contributed by atoms with van der Waals surface area (Å²) in [5.74, 6) is -0.0120. The fraction of sp³-hybridized carbons (Fsp3) is 0.400. The van der Waals surface area contributed by atoms with Crippen molar-refractivity contribution in [3.63, 3.8) is 0 Å². The number of H-pyrrole nitrogens is 1. The first-order valence-electron chi connectivity index (χ1n) is 6.51. The summed E-state index contributed by atoms with van der Waals surface area (Å²) in [6, 6.07) is 5.79. The molecule has 0 saturated heterocycles. The topological polar surface area (TPSA) is 48.1 Å². The molecule has 0 radical (unpaired) electrons. The molecule has 0 fully saturated rings. The normalized spacial score (nSPS) is 11.2. The number of nitrogens with zero attached hydrogens (tertiary/aromatic N) is 1. The molecule has 4 nitrogen and oxygen atoms in total. The van der Waals surface area contributed by atoms with Gasteiger partial charge in [-0.1, -0.05) is 0 Å². The second-order valence-electron chi connectivity index (χ2n) is 5.19. The number of benzene rings is 1. The molecule has 2 rings (SSSR count).